The fourth-order valence-electron chi connectivity index (χ4n) is 1.96. The molecule has 5 heteroatoms. The molecule has 96 valence electrons. The Hall–Kier alpha value is 0.450. The molecule has 0 bridgehead atoms. The van der Waals surface area contributed by atoms with Crippen molar-refractivity contribution in [2.24, 2.45) is 5.73 Å². The first-order valence-corrected chi connectivity index (χ1v) is 8.61. The Morgan fingerprint density at radius 3 is 3.06 bits per heavy atom. The topological polar surface area (TPSA) is 35.2 Å². The molecule has 2 N–H and O–H groups in total. The van der Waals surface area contributed by atoms with Crippen LogP contribution in [0.15, 0.2) is 15.9 Å². The van der Waals surface area contributed by atoms with E-state index in [2.05, 4.69) is 34.3 Å². The zero-order valence-electron chi connectivity index (χ0n) is 9.90. The molecule has 0 saturated carbocycles. The highest BCUT2D eigenvalue weighted by Gasteiger charge is 2.22. The Labute approximate surface area is 119 Å². The van der Waals surface area contributed by atoms with Crippen molar-refractivity contribution >= 4 is 39.0 Å². The fourth-order valence-corrected chi connectivity index (χ4v) is 5.09. The second-order valence-electron chi connectivity index (χ2n) is 4.42. The Bertz CT molecular complexity index is 350. The van der Waals surface area contributed by atoms with Crippen molar-refractivity contribution < 1.29 is 4.74 Å². The van der Waals surface area contributed by atoms with Crippen molar-refractivity contribution in [3.05, 3.63) is 20.8 Å². The molecule has 3 unspecified atom stereocenters. The van der Waals surface area contributed by atoms with Crippen molar-refractivity contribution in [3.63, 3.8) is 0 Å². The maximum Gasteiger partial charge on any atom is 0.0666 e. The number of rotatable bonds is 5. The summed E-state index contributed by atoms with van der Waals surface area (Å²) in [7, 11) is 0. The van der Waals surface area contributed by atoms with Crippen molar-refractivity contribution in [2.45, 2.75) is 37.2 Å². The van der Waals surface area contributed by atoms with E-state index in [4.69, 9.17) is 10.5 Å². The summed E-state index contributed by atoms with van der Waals surface area (Å²) in [6.07, 6.45) is 2.84. The SMILES string of the molecule is CC(N)C(SCC1CCCO1)c1cc(Br)cs1. The van der Waals surface area contributed by atoms with E-state index in [0.29, 0.717) is 11.4 Å². The van der Waals surface area contributed by atoms with Crippen LogP contribution in [0, 0.1) is 0 Å². The van der Waals surface area contributed by atoms with Crippen LogP contribution in [-0.2, 0) is 4.74 Å². The molecule has 1 aliphatic heterocycles. The molecule has 0 aliphatic carbocycles. The number of thioether (sulfide) groups is 1. The molecule has 0 radical (unpaired) electrons. The fraction of sp³-hybridized carbons (Fsp3) is 0.667. The van der Waals surface area contributed by atoms with E-state index >= 15 is 0 Å². The minimum Gasteiger partial charge on any atom is -0.377 e. The summed E-state index contributed by atoms with van der Waals surface area (Å²) in [4.78, 5) is 1.36. The maximum absolute atomic E-state index is 6.09. The summed E-state index contributed by atoms with van der Waals surface area (Å²) >= 11 is 7.22. The number of hydrogen-bond donors (Lipinski definition) is 1. The predicted octanol–water partition coefficient (Wildman–Crippen LogP) is 3.81. The number of hydrogen-bond acceptors (Lipinski definition) is 4. The van der Waals surface area contributed by atoms with Crippen LogP contribution in [-0.4, -0.2) is 24.5 Å². The van der Waals surface area contributed by atoms with Crippen molar-refractivity contribution in [1.82, 2.24) is 0 Å². The van der Waals surface area contributed by atoms with Gasteiger partial charge in [0.25, 0.3) is 0 Å². The number of halogens is 1. The zero-order valence-corrected chi connectivity index (χ0v) is 13.1. The molecule has 2 heterocycles. The van der Waals surface area contributed by atoms with Gasteiger partial charge in [-0.15, -0.1) is 23.1 Å². The van der Waals surface area contributed by atoms with Crippen LogP contribution in [0.2, 0.25) is 0 Å². The summed E-state index contributed by atoms with van der Waals surface area (Å²) in [5, 5.41) is 2.51. The molecule has 0 amide bonds. The van der Waals surface area contributed by atoms with Gasteiger partial charge in [0.05, 0.1) is 11.4 Å². The van der Waals surface area contributed by atoms with E-state index in [-0.39, 0.29) is 6.04 Å². The van der Waals surface area contributed by atoms with Crippen LogP contribution in [0.4, 0.5) is 0 Å². The van der Waals surface area contributed by atoms with Crippen LogP contribution < -0.4 is 5.73 Å². The first kappa shape index (κ1) is 13.9. The Balaban J connectivity index is 1.92. The normalized spacial score (nSPS) is 23.8. The van der Waals surface area contributed by atoms with Gasteiger partial charge in [0.15, 0.2) is 0 Å². The van der Waals surface area contributed by atoms with Crippen molar-refractivity contribution in [3.8, 4) is 0 Å². The quantitative estimate of drug-likeness (QED) is 0.888. The second kappa shape index (κ2) is 6.57. The van der Waals surface area contributed by atoms with Gasteiger partial charge in [-0.25, -0.2) is 0 Å². The molecule has 17 heavy (non-hydrogen) atoms. The van der Waals surface area contributed by atoms with Gasteiger partial charge in [-0.05, 0) is 41.8 Å². The molecule has 1 aliphatic rings. The monoisotopic (exact) mass is 335 g/mol. The molecule has 3 atom stereocenters. The largest absolute Gasteiger partial charge is 0.377 e. The first-order valence-electron chi connectivity index (χ1n) is 5.89. The van der Waals surface area contributed by atoms with Gasteiger partial charge < -0.3 is 10.5 Å². The molecule has 2 rings (SSSR count). The van der Waals surface area contributed by atoms with E-state index in [9.17, 15) is 0 Å². The smallest absolute Gasteiger partial charge is 0.0666 e. The molecular weight excluding hydrogens is 318 g/mol. The average molecular weight is 336 g/mol. The molecule has 0 spiro atoms. The number of nitrogens with two attached hydrogens (primary N) is 1. The lowest BCUT2D eigenvalue weighted by Gasteiger charge is -2.20. The second-order valence-corrected chi connectivity index (χ2v) is 7.45. The number of thiophene rings is 1. The summed E-state index contributed by atoms with van der Waals surface area (Å²) in [5.74, 6) is 1.06. The summed E-state index contributed by atoms with van der Waals surface area (Å²) in [6.45, 7) is 3.01. The van der Waals surface area contributed by atoms with E-state index in [1.54, 1.807) is 11.3 Å². The summed E-state index contributed by atoms with van der Waals surface area (Å²) in [5.41, 5.74) is 6.09. The lowest BCUT2D eigenvalue weighted by Crippen LogP contribution is -2.23. The van der Waals surface area contributed by atoms with E-state index in [1.165, 1.54) is 17.7 Å². The molecule has 0 aromatic carbocycles. The van der Waals surface area contributed by atoms with Crippen molar-refractivity contribution in [2.75, 3.05) is 12.4 Å². The van der Waals surface area contributed by atoms with Gasteiger partial charge in [-0.1, -0.05) is 0 Å². The molecule has 1 saturated heterocycles. The molecule has 1 aromatic rings. The molecule has 1 fully saturated rings. The van der Waals surface area contributed by atoms with Gasteiger partial charge in [0.2, 0.25) is 0 Å². The van der Waals surface area contributed by atoms with E-state index in [0.717, 1.165) is 16.8 Å². The van der Waals surface area contributed by atoms with Gasteiger partial charge in [0.1, 0.15) is 0 Å². The zero-order chi connectivity index (χ0) is 12.3. The number of ether oxygens (including phenoxy) is 1. The van der Waals surface area contributed by atoms with Crippen LogP contribution in [0.25, 0.3) is 0 Å². The molecule has 2 nitrogen and oxygen atoms in total. The van der Waals surface area contributed by atoms with Gasteiger partial charge in [-0.3, -0.25) is 0 Å². The third kappa shape index (κ3) is 3.96. The van der Waals surface area contributed by atoms with Crippen LogP contribution >= 0.6 is 39.0 Å². The van der Waals surface area contributed by atoms with Gasteiger partial charge in [0, 0.05) is 33.1 Å². The van der Waals surface area contributed by atoms with Crippen LogP contribution in [0.3, 0.4) is 0 Å². The standard InChI is InChI=1S/C12H18BrNOS2/c1-8(14)12(11-5-9(13)6-16-11)17-7-10-3-2-4-15-10/h5-6,8,10,12H,2-4,7,14H2,1H3. The third-order valence-electron chi connectivity index (χ3n) is 2.83. The molecule has 1 aromatic heterocycles. The minimum atomic E-state index is 0.173. The first-order chi connectivity index (χ1) is 8.16. The lowest BCUT2D eigenvalue weighted by atomic mass is 10.2. The Morgan fingerprint density at radius 2 is 2.53 bits per heavy atom. The maximum atomic E-state index is 6.09. The third-order valence-corrected chi connectivity index (χ3v) is 6.36. The van der Waals surface area contributed by atoms with Gasteiger partial charge in [-0.2, -0.15) is 0 Å². The average Bonchev–Trinajstić information content (AvgIpc) is 2.90. The van der Waals surface area contributed by atoms with Crippen LogP contribution in [0.1, 0.15) is 29.9 Å². The highest BCUT2D eigenvalue weighted by atomic mass is 79.9. The van der Waals surface area contributed by atoms with Gasteiger partial charge >= 0.3 is 0 Å². The van der Waals surface area contributed by atoms with E-state index < -0.39 is 0 Å². The predicted molar refractivity (Wildman–Crippen MR) is 79.8 cm³/mol. The summed E-state index contributed by atoms with van der Waals surface area (Å²) in [6, 6.07) is 2.35. The molecular formula is C12H18BrNOS2. The van der Waals surface area contributed by atoms with E-state index in [1.807, 2.05) is 11.8 Å². The van der Waals surface area contributed by atoms with Crippen LogP contribution in [0.5, 0.6) is 0 Å². The highest BCUT2D eigenvalue weighted by Crippen LogP contribution is 2.37. The Kier molecular flexibility index (Phi) is 5.36. The van der Waals surface area contributed by atoms with Crippen molar-refractivity contribution in [1.29, 1.82) is 0 Å². The highest BCUT2D eigenvalue weighted by molar-refractivity contribution is 9.10. The Morgan fingerprint density at radius 1 is 1.71 bits per heavy atom. The lowest BCUT2D eigenvalue weighted by molar-refractivity contribution is 0.128. The summed E-state index contributed by atoms with van der Waals surface area (Å²) < 4.78 is 6.81. The minimum absolute atomic E-state index is 0.173.